The maximum atomic E-state index is 13.8. The number of fused-ring (bicyclic) bond motifs is 1. The third kappa shape index (κ3) is 4.54. The van der Waals surface area contributed by atoms with Crippen LogP contribution in [0.4, 0.5) is 10.1 Å². The first kappa shape index (κ1) is 22.7. The molecule has 4 aromatic rings. The van der Waals surface area contributed by atoms with Crippen LogP contribution < -0.4 is 19.6 Å². The van der Waals surface area contributed by atoms with Crippen LogP contribution in [-0.2, 0) is 0 Å². The minimum absolute atomic E-state index is 0.173. The third-order valence-electron chi connectivity index (χ3n) is 5.29. The van der Waals surface area contributed by atoms with E-state index in [9.17, 15) is 9.18 Å². The monoisotopic (exact) mass is 464 g/mol. The number of rotatable bonds is 7. The first-order valence-electron chi connectivity index (χ1n) is 10.6. The highest BCUT2D eigenvalue weighted by Crippen LogP contribution is 2.36. The molecule has 4 rings (SSSR count). The average Bonchev–Trinajstić information content (AvgIpc) is 2.81. The fourth-order valence-corrected chi connectivity index (χ4v) is 4.22. The van der Waals surface area contributed by atoms with Crippen molar-refractivity contribution in [3.63, 3.8) is 0 Å². The highest BCUT2D eigenvalue weighted by Gasteiger charge is 2.17. The van der Waals surface area contributed by atoms with Crippen LogP contribution in [0.15, 0.2) is 65.6 Å². The summed E-state index contributed by atoms with van der Waals surface area (Å²) in [4.78, 5) is 12.8. The van der Waals surface area contributed by atoms with Gasteiger partial charge in [-0.15, -0.1) is 0 Å². The van der Waals surface area contributed by atoms with Gasteiger partial charge in [-0.3, -0.25) is 4.79 Å². The number of methoxy groups -OCH3 is 1. The van der Waals surface area contributed by atoms with Crippen molar-refractivity contribution in [3.05, 3.63) is 88.0 Å². The summed E-state index contributed by atoms with van der Waals surface area (Å²) in [7, 11) is 1.48. The fourth-order valence-electron chi connectivity index (χ4n) is 3.78. The third-order valence-corrected chi connectivity index (χ3v) is 5.96. The molecule has 1 heterocycles. The number of aromatic nitrogens is 1. The molecule has 0 aliphatic heterocycles. The van der Waals surface area contributed by atoms with Gasteiger partial charge >= 0.3 is 0 Å². The number of aryl methyl sites for hydroxylation is 2. The number of benzene rings is 3. The van der Waals surface area contributed by atoms with Crippen molar-refractivity contribution >= 4 is 28.5 Å². The second-order valence-electron chi connectivity index (χ2n) is 7.60. The maximum absolute atomic E-state index is 13.8. The van der Waals surface area contributed by atoms with Crippen molar-refractivity contribution in [1.82, 2.24) is 4.57 Å². The first-order valence-corrected chi connectivity index (χ1v) is 11.6. The summed E-state index contributed by atoms with van der Waals surface area (Å²) < 4.78 is 30.8. The van der Waals surface area contributed by atoms with Gasteiger partial charge in [0.15, 0.2) is 11.5 Å². The van der Waals surface area contributed by atoms with Crippen molar-refractivity contribution in [2.45, 2.75) is 20.8 Å². The maximum Gasteiger partial charge on any atom is 0.231 e. The topological polar surface area (TPSA) is 52.5 Å². The van der Waals surface area contributed by atoms with E-state index in [0.29, 0.717) is 33.7 Å². The summed E-state index contributed by atoms with van der Waals surface area (Å²) in [5.74, 6) is 1.99. The molecule has 0 fully saturated rings. The number of halogens is 1. The molecule has 7 heteroatoms. The van der Waals surface area contributed by atoms with E-state index < -0.39 is 0 Å². The molecular formula is C26H25FN2O3S. The molecule has 170 valence electrons. The van der Waals surface area contributed by atoms with E-state index in [-0.39, 0.29) is 17.0 Å². The van der Waals surface area contributed by atoms with Gasteiger partial charge in [-0.1, -0.05) is 31.0 Å². The van der Waals surface area contributed by atoms with Crippen molar-refractivity contribution in [3.8, 4) is 22.9 Å². The van der Waals surface area contributed by atoms with Gasteiger partial charge in [0.1, 0.15) is 11.6 Å². The molecule has 0 amide bonds. The quantitative estimate of drug-likeness (QED) is 0.311. The van der Waals surface area contributed by atoms with Crippen molar-refractivity contribution in [2.75, 3.05) is 17.6 Å². The second-order valence-corrected chi connectivity index (χ2v) is 8.67. The zero-order valence-corrected chi connectivity index (χ0v) is 19.8. The Balaban J connectivity index is 1.96. The van der Waals surface area contributed by atoms with Gasteiger partial charge < -0.3 is 18.8 Å². The molecule has 0 aliphatic carbocycles. The Hall–Kier alpha value is -3.45. The number of anilines is 1. The van der Waals surface area contributed by atoms with Crippen LogP contribution in [0.1, 0.15) is 18.1 Å². The minimum Gasteiger partial charge on any atom is -0.491 e. The lowest BCUT2D eigenvalue weighted by Gasteiger charge is -2.20. The molecule has 1 N–H and O–H groups in total. The Bertz CT molecular complexity index is 1360. The highest BCUT2D eigenvalue weighted by molar-refractivity contribution is 8.00. The SMILES string of the molecule is CCSNc1ccc(Oc2c(C)cc(F)cc2C)c(-n2cc(OC)c(=O)c3ccccc32)c1. The van der Waals surface area contributed by atoms with Crippen molar-refractivity contribution in [2.24, 2.45) is 0 Å². The zero-order valence-electron chi connectivity index (χ0n) is 18.9. The zero-order chi connectivity index (χ0) is 23.5. The molecule has 0 saturated heterocycles. The van der Waals surface area contributed by atoms with Crippen LogP contribution in [0.25, 0.3) is 16.6 Å². The molecule has 0 saturated carbocycles. The van der Waals surface area contributed by atoms with Gasteiger partial charge in [-0.25, -0.2) is 4.39 Å². The fraction of sp³-hybridized carbons (Fsp3) is 0.192. The van der Waals surface area contributed by atoms with E-state index >= 15 is 0 Å². The number of para-hydroxylation sites is 1. The van der Waals surface area contributed by atoms with Crippen molar-refractivity contribution < 1.29 is 13.9 Å². The Morgan fingerprint density at radius 3 is 2.45 bits per heavy atom. The molecule has 0 atom stereocenters. The molecule has 0 radical (unpaired) electrons. The normalized spacial score (nSPS) is 10.9. The Labute approximate surface area is 196 Å². The molecule has 3 aromatic carbocycles. The number of hydrogen-bond acceptors (Lipinski definition) is 5. The number of hydrogen-bond donors (Lipinski definition) is 1. The van der Waals surface area contributed by atoms with E-state index in [1.54, 1.807) is 24.2 Å². The molecule has 0 aliphatic rings. The van der Waals surface area contributed by atoms with Crippen LogP contribution in [0.5, 0.6) is 17.2 Å². The number of nitrogens with zero attached hydrogens (tertiary/aromatic N) is 1. The Kier molecular flexibility index (Phi) is 6.60. The van der Waals surface area contributed by atoms with Gasteiger partial charge in [0.05, 0.1) is 24.5 Å². The van der Waals surface area contributed by atoms with E-state index in [0.717, 1.165) is 17.0 Å². The molecular weight excluding hydrogens is 439 g/mol. The second kappa shape index (κ2) is 9.58. The summed E-state index contributed by atoms with van der Waals surface area (Å²) in [6, 6.07) is 16.0. The predicted octanol–water partition coefficient (Wildman–Crippen LogP) is 6.63. The molecule has 5 nitrogen and oxygen atoms in total. The van der Waals surface area contributed by atoms with Gasteiger partial charge in [0.25, 0.3) is 0 Å². The van der Waals surface area contributed by atoms with E-state index in [4.69, 9.17) is 9.47 Å². The van der Waals surface area contributed by atoms with Gasteiger partial charge in [-0.2, -0.15) is 0 Å². The minimum atomic E-state index is -0.301. The van der Waals surface area contributed by atoms with E-state index in [1.807, 2.05) is 54.8 Å². The van der Waals surface area contributed by atoms with Crippen LogP contribution in [0.3, 0.4) is 0 Å². The van der Waals surface area contributed by atoms with Gasteiger partial charge in [-0.05, 0) is 67.4 Å². The summed E-state index contributed by atoms with van der Waals surface area (Å²) in [5.41, 5.74) is 3.55. The Morgan fingerprint density at radius 2 is 1.76 bits per heavy atom. The van der Waals surface area contributed by atoms with Crippen LogP contribution in [0.2, 0.25) is 0 Å². The molecule has 33 heavy (non-hydrogen) atoms. The predicted molar refractivity (Wildman–Crippen MR) is 134 cm³/mol. The molecule has 0 spiro atoms. The summed E-state index contributed by atoms with van der Waals surface area (Å²) in [6.45, 7) is 5.70. The average molecular weight is 465 g/mol. The number of pyridine rings is 1. The summed E-state index contributed by atoms with van der Waals surface area (Å²) >= 11 is 1.58. The van der Waals surface area contributed by atoms with Crippen LogP contribution in [-0.4, -0.2) is 17.4 Å². The molecule has 0 bridgehead atoms. The van der Waals surface area contributed by atoms with Crippen LogP contribution >= 0.6 is 11.9 Å². The number of ether oxygens (including phenoxy) is 2. The molecule has 1 aromatic heterocycles. The Morgan fingerprint density at radius 1 is 1.03 bits per heavy atom. The summed E-state index contributed by atoms with van der Waals surface area (Å²) in [5, 5.41) is 0.540. The van der Waals surface area contributed by atoms with Crippen LogP contribution in [0, 0.1) is 19.7 Å². The summed E-state index contributed by atoms with van der Waals surface area (Å²) in [6.07, 6.45) is 1.67. The van der Waals surface area contributed by atoms with Gasteiger partial charge in [0, 0.05) is 16.8 Å². The van der Waals surface area contributed by atoms with Gasteiger partial charge in [0.2, 0.25) is 5.43 Å². The largest absolute Gasteiger partial charge is 0.491 e. The van der Waals surface area contributed by atoms with E-state index in [1.165, 1.54) is 19.2 Å². The molecule has 0 unspecified atom stereocenters. The highest BCUT2D eigenvalue weighted by atomic mass is 32.2. The standard InChI is InChI=1S/C26H25FN2O3S/c1-5-33-28-19-10-11-23(32-26-16(2)12-18(27)13-17(26)3)22(14-19)29-15-24(31-4)25(30)20-8-6-7-9-21(20)29/h6-15,28H,5H2,1-4H3. The van der Waals surface area contributed by atoms with E-state index in [2.05, 4.69) is 11.6 Å². The lowest BCUT2D eigenvalue weighted by atomic mass is 10.1. The van der Waals surface area contributed by atoms with Crippen molar-refractivity contribution in [1.29, 1.82) is 0 Å². The lowest BCUT2D eigenvalue weighted by Crippen LogP contribution is -2.12. The lowest BCUT2D eigenvalue weighted by molar-refractivity contribution is 0.408. The first-order chi connectivity index (χ1) is 15.9. The number of nitrogens with one attached hydrogen (secondary N) is 1. The smallest absolute Gasteiger partial charge is 0.231 e.